The molecule has 6 aliphatic heterocycles. The number of rotatable bonds is 19. The number of carbonyl (C=O) groups excluding carboxylic acids is 5. The summed E-state index contributed by atoms with van der Waals surface area (Å²) in [6.45, 7) is 12.8. The zero-order valence-electron chi connectivity index (χ0n) is 41.3. The van der Waals surface area contributed by atoms with Crippen molar-refractivity contribution in [1.82, 2.24) is 62.2 Å². The first-order valence-corrected chi connectivity index (χ1v) is 27.0. The minimum Gasteiger partial charge on any atom is -0.497 e. The normalized spacial score (nSPS) is 25.6. The number of nitrogens with one attached hydrogen (secondary N) is 8. The fourth-order valence-corrected chi connectivity index (χ4v) is 12.3. The lowest BCUT2D eigenvalue weighted by Crippen LogP contribution is -2.60. The summed E-state index contributed by atoms with van der Waals surface area (Å²) >= 11 is 2.93. The Morgan fingerprint density at radius 3 is 2.42 bits per heavy atom. The number of amides is 7. The molecule has 7 amide bonds. The highest BCUT2D eigenvalue weighted by atomic mass is 32.2. The fraction of sp³-hybridized carbons (Fsp3) is 0.646. The number of thioether (sulfide) groups is 2. The first-order valence-electron chi connectivity index (χ1n) is 25.0. The summed E-state index contributed by atoms with van der Waals surface area (Å²) < 4.78 is 26.1. The molecule has 0 bridgehead atoms. The highest BCUT2D eigenvalue weighted by Gasteiger charge is 2.41. The Labute approximate surface area is 424 Å². The van der Waals surface area contributed by atoms with Crippen LogP contribution >= 0.6 is 23.5 Å². The first kappa shape index (κ1) is 52.7. The van der Waals surface area contributed by atoms with E-state index in [2.05, 4.69) is 64.7 Å². The maximum absolute atomic E-state index is 14.9. The van der Waals surface area contributed by atoms with Crippen molar-refractivity contribution in [2.45, 2.75) is 86.2 Å². The van der Waals surface area contributed by atoms with Gasteiger partial charge in [0.1, 0.15) is 29.4 Å². The largest absolute Gasteiger partial charge is 0.497 e. The molecule has 0 saturated carbocycles. The van der Waals surface area contributed by atoms with Gasteiger partial charge in [0, 0.05) is 138 Å². The van der Waals surface area contributed by atoms with Crippen molar-refractivity contribution in [3.05, 3.63) is 53.8 Å². The van der Waals surface area contributed by atoms with Crippen molar-refractivity contribution >= 4 is 59.0 Å². The van der Waals surface area contributed by atoms with Crippen LogP contribution < -0.4 is 52.3 Å². The predicted octanol–water partition coefficient (Wildman–Crippen LogP) is 2.14. The lowest BCUT2D eigenvalue weighted by atomic mass is 9.88. The molecular weight excluding hydrogens is 954 g/mol. The zero-order valence-corrected chi connectivity index (χ0v) is 42.9. The van der Waals surface area contributed by atoms with E-state index in [0.717, 1.165) is 64.4 Å². The van der Waals surface area contributed by atoms with Crippen LogP contribution in [0.4, 0.5) is 19.7 Å². The lowest BCUT2D eigenvalue weighted by molar-refractivity contribution is -0.134. The number of carbonyl (C=O) groups is 5. The van der Waals surface area contributed by atoms with Crippen LogP contribution in [0, 0.1) is 17.7 Å². The Balaban J connectivity index is 0.693. The van der Waals surface area contributed by atoms with Crippen LogP contribution in [0.2, 0.25) is 0 Å². The van der Waals surface area contributed by atoms with Gasteiger partial charge in [0.05, 0.1) is 23.8 Å². The van der Waals surface area contributed by atoms with Crippen LogP contribution in [0.25, 0.3) is 0 Å². The smallest absolute Gasteiger partial charge is 0.321 e. The second-order valence-electron chi connectivity index (χ2n) is 19.6. The number of halogens is 1. The number of hydrogen-bond acceptors (Lipinski definition) is 15. The summed E-state index contributed by atoms with van der Waals surface area (Å²) in [5.41, 5.74) is 7.49. The van der Waals surface area contributed by atoms with Crippen molar-refractivity contribution in [2.24, 2.45) is 11.8 Å². The zero-order chi connectivity index (χ0) is 50.0. The molecule has 6 heterocycles. The van der Waals surface area contributed by atoms with Gasteiger partial charge in [-0.05, 0) is 63.6 Å². The molecule has 6 saturated heterocycles. The number of likely N-dealkylation sites (N-methyl/N-ethyl adjacent to an activating group) is 1. The Morgan fingerprint density at radius 1 is 0.958 bits per heavy atom. The molecule has 0 aromatic heterocycles. The molecule has 5 unspecified atom stereocenters. The van der Waals surface area contributed by atoms with Gasteiger partial charge in [0.15, 0.2) is 0 Å². The number of nitrogens with zero attached hydrogens (tertiary/aromatic N) is 5. The molecule has 23 heteroatoms. The van der Waals surface area contributed by atoms with Crippen molar-refractivity contribution < 1.29 is 37.8 Å². The molecule has 6 aliphatic rings. The van der Waals surface area contributed by atoms with Gasteiger partial charge in [-0.3, -0.25) is 24.6 Å². The Morgan fingerprint density at radius 2 is 1.69 bits per heavy atom. The van der Waals surface area contributed by atoms with Gasteiger partial charge in [-0.25, -0.2) is 24.4 Å². The molecule has 2 aromatic rings. The highest BCUT2D eigenvalue weighted by Crippen LogP contribution is 2.31. The fourth-order valence-electron chi connectivity index (χ4n) is 9.89. The van der Waals surface area contributed by atoms with Crippen LogP contribution in [-0.4, -0.2) is 187 Å². The molecule has 390 valence electrons. The van der Waals surface area contributed by atoms with E-state index in [-0.39, 0.29) is 65.5 Å². The van der Waals surface area contributed by atoms with Crippen LogP contribution in [0.1, 0.15) is 57.6 Å². The summed E-state index contributed by atoms with van der Waals surface area (Å²) in [4.78, 5) is 73.6. The average molecular weight is 1030 g/mol. The lowest BCUT2D eigenvalue weighted by Gasteiger charge is -2.48. The van der Waals surface area contributed by atoms with Gasteiger partial charge in [-0.1, -0.05) is 13.0 Å². The van der Waals surface area contributed by atoms with Crippen LogP contribution in [0.15, 0.2) is 42.5 Å². The Hall–Kier alpha value is -4.62. The third kappa shape index (κ3) is 14.5. The number of methoxy groups -OCH3 is 1. The van der Waals surface area contributed by atoms with E-state index < -0.39 is 17.1 Å². The summed E-state index contributed by atoms with van der Waals surface area (Å²) in [6.07, 6.45) is 2.69. The predicted molar refractivity (Wildman–Crippen MR) is 272 cm³/mol. The van der Waals surface area contributed by atoms with Crippen molar-refractivity contribution in [3.8, 4) is 11.5 Å². The maximum atomic E-state index is 14.9. The van der Waals surface area contributed by atoms with E-state index in [9.17, 15) is 28.4 Å². The van der Waals surface area contributed by atoms with Crippen molar-refractivity contribution in [1.29, 1.82) is 0 Å². The number of hydrogen-bond donors (Lipinski definition) is 8. The van der Waals surface area contributed by atoms with E-state index in [1.807, 2.05) is 41.0 Å². The number of urea groups is 2. The highest BCUT2D eigenvalue weighted by molar-refractivity contribution is 8.01. The molecule has 0 aliphatic carbocycles. The quantitative estimate of drug-likeness (QED) is 0.101. The Bertz CT molecular complexity index is 2150. The second-order valence-corrected chi connectivity index (χ2v) is 22.1. The molecular formula is C48H72FN13O7S2. The van der Waals surface area contributed by atoms with E-state index in [1.54, 1.807) is 30.8 Å². The number of piperidine rings is 1. The first-order chi connectivity index (χ1) is 34.3. The van der Waals surface area contributed by atoms with E-state index in [0.29, 0.717) is 80.0 Å². The van der Waals surface area contributed by atoms with Gasteiger partial charge in [-0.15, -0.1) is 23.5 Å². The number of ether oxygens (including phenoxy) is 2. The molecule has 7 atom stereocenters. The van der Waals surface area contributed by atoms with E-state index in [1.165, 1.54) is 24.9 Å². The summed E-state index contributed by atoms with van der Waals surface area (Å²) in [5.74, 6) is 1.79. The summed E-state index contributed by atoms with van der Waals surface area (Å²) in [5, 5.41) is 19.0. The standard InChI is InChI=1S/C48H72FN13O7S2/c1-30-25-50-46(66)54-45(30)71-41(44(65)51-31(2)38-10-9-37(68-4)24-39(38)49)11-12-42(63)59-15-13-35(14-16-59)61-26-32(27-61)40-28-62(57-56-40)21-22-69-36-7-5-33(6-8-36)52-47(67)55-48-53-34(29-70-48)23-43(64)60-19-17-58(3)18-20-60/h5-10,24,30-32,34-35,40-41,45,48,53,56-57H,11-23,25-29H2,1-4H3,(H,51,65)(H2,50,54,66)(H2,52,55,67)/t30?,31-,34?,40?,41-,45?,48?/m1/s1. The minimum absolute atomic E-state index is 0.0118. The molecule has 20 nitrogen and oxygen atoms in total. The van der Waals surface area contributed by atoms with Crippen molar-refractivity contribution in [3.63, 3.8) is 0 Å². The monoisotopic (exact) mass is 1030 g/mol. The van der Waals surface area contributed by atoms with Gasteiger partial charge in [0.2, 0.25) is 17.7 Å². The van der Waals surface area contributed by atoms with E-state index in [4.69, 9.17) is 9.47 Å². The SMILES string of the molecule is COc1ccc([C@@H](C)NC(=O)[C@@H](CCC(=O)N2CCC(N3CC(C4CN(CCOc5ccc(NC(=O)NC6NC(CC(=O)N7CCN(C)CC7)CS6)cc5)NN4)C3)CC2)SC2NC(=O)NCC2C)c(F)c1. The molecule has 6 fully saturated rings. The average Bonchev–Trinajstić information content (AvgIpc) is 4.00. The third-order valence-electron chi connectivity index (χ3n) is 14.4. The maximum Gasteiger partial charge on any atom is 0.321 e. The van der Waals surface area contributed by atoms with Crippen molar-refractivity contribution in [2.75, 3.05) is 104 Å². The molecule has 0 radical (unpaired) electrons. The molecule has 0 spiro atoms. The number of likely N-dealkylation sites (tertiary alicyclic amines) is 2. The van der Waals surface area contributed by atoms with Gasteiger partial charge in [-0.2, -0.15) is 5.53 Å². The molecule has 2 aromatic carbocycles. The summed E-state index contributed by atoms with van der Waals surface area (Å²) in [7, 11) is 3.54. The second kappa shape index (κ2) is 24.9. The van der Waals surface area contributed by atoms with Gasteiger partial charge in [0.25, 0.3) is 0 Å². The van der Waals surface area contributed by atoms with Crippen LogP contribution in [0.5, 0.6) is 11.5 Å². The topological polar surface area (TPSA) is 216 Å². The molecule has 71 heavy (non-hydrogen) atoms. The molecule has 8 rings (SSSR count). The third-order valence-corrected chi connectivity index (χ3v) is 17.3. The van der Waals surface area contributed by atoms with E-state index >= 15 is 0 Å². The Kier molecular flexibility index (Phi) is 18.5. The minimum atomic E-state index is -0.637. The van der Waals surface area contributed by atoms with Crippen LogP contribution in [0.3, 0.4) is 0 Å². The van der Waals surface area contributed by atoms with Gasteiger partial charge >= 0.3 is 12.1 Å². The molecule has 8 N–H and O–H groups in total. The van der Waals surface area contributed by atoms with Gasteiger partial charge < -0.3 is 50.8 Å². The number of benzene rings is 2. The summed E-state index contributed by atoms with van der Waals surface area (Å²) in [6, 6.07) is 11.3. The number of piperazine rings is 1. The number of hydrazine groups is 2. The number of anilines is 1. The van der Waals surface area contributed by atoms with Crippen LogP contribution in [-0.2, 0) is 14.4 Å².